The summed E-state index contributed by atoms with van der Waals surface area (Å²) in [5.74, 6) is 0.0311. The fourth-order valence-corrected chi connectivity index (χ4v) is 1.53. The molecule has 0 unspecified atom stereocenters. The van der Waals surface area contributed by atoms with Crippen molar-refractivity contribution < 1.29 is 19.4 Å². The molecule has 0 bridgehead atoms. The molecule has 0 spiro atoms. The average Bonchev–Trinajstić information content (AvgIpc) is 2.30. The standard InChI is InChI=1S/C13H17NO4/c1-9(15)6-13(17)14(2)8-10-4-5-11(16)12(7-10)18-3/h4-5,7,16H,6,8H2,1-3H3. The van der Waals surface area contributed by atoms with Crippen LogP contribution >= 0.6 is 0 Å². The summed E-state index contributed by atoms with van der Waals surface area (Å²) in [5, 5.41) is 9.45. The van der Waals surface area contributed by atoms with Gasteiger partial charge in [0.25, 0.3) is 0 Å². The first-order valence-corrected chi connectivity index (χ1v) is 5.53. The fourth-order valence-electron chi connectivity index (χ4n) is 1.53. The Balaban J connectivity index is 2.72. The third kappa shape index (κ3) is 3.76. The number of ether oxygens (including phenoxy) is 1. The third-order valence-corrected chi connectivity index (χ3v) is 2.49. The smallest absolute Gasteiger partial charge is 0.230 e. The number of rotatable bonds is 5. The van der Waals surface area contributed by atoms with Crippen molar-refractivity contribution in [2.45, 2.75) is 19.9 Å². The highest BCUT2D eigenvalue weighted by Crippen LogP contribution is 2.26. The number of hydrogen-bond acceptors (Lipinski definition) is 4. The van der Waals surface area contributed by atoms with Crippen LogP contribution in [0.2, 0.25) is 0 Å². The Hall–Kier alpha value is -2.04. The lowest BCUT2D eigenvalue weighted by atomic mass is 10.2. The van der Waals surface area contributed by atoms with Crippen LogP contribution in [0.15, 0.2) is 18.2 Å². The second-order valence-electron chi connectivity index (χ2n) is 4.13. The summed E-state index contributed by atoms with van der Waals surface area (Å²) in [6.07, 6.45) is -0.0915. The number of phenolic OH excluding ortho intramolecular Hbond substituents is 1. The first kappa shape index (κ1) is 14.0. The van der Waals surface area contributed by atoms with E-state index in [0.29, 0.717) is 12.3 Å². The largest absolute Gasteiger partial charge is 0.504 e. The first-order chi connectivity index (χ1) is 8.43. The number of carbonyl (C=O) groups is 2. The lowest BCUT2D eigenvalue weighted by Gasteiger charge is -2.17. The predicted molar refractivity (Wildman–Crippen MR) is 66.4 cm³/mol. The highest BCUT2D eigenvalue weighted by atomic mass is 16.5. The number of hydrogen-bond donors (Lipinski definition) is 1. The number of phenols is 1. The molecule has 1 aromatic carbocycles. The molecule has 1 aromatic rings. The van der Waals surface area contributed by atoms with Gasteiger partial charge < -0.3 is 14.7 Å². The molecule has 0 saturated carbocycles. The zero-order valence-corrected chi connectivity index (χ0v) is 10.8. The van der Waals surface area contributed by atoms with E-state index in [1.807, 2.05) is 0 Å². The Bertz CT molecular complexity index is 456. The van der Waals surface area contributed by atoms with Crippen LogP contribution < -0.4 is 4.74 Å². The lowest BCUT2D eigenvalue weighted by molar-refractivity contribution is -0.134. The molecule has 1 amide bonds. The van der Waals surface area contributed by atoms with Gasteiger partial charge in [-0.05, 0) is 24.6 Å². The molecule has 1 rings (SSSR count). The summed E-state index contributed by atoms with van der Waals surface area (Å²) in [5.41, 5.74) is 0.823. The monoisotopic (exact) mass is 251 g/mol. The van der Waals surface area contributed by atoms with Gasteiger partial charge in [0.2, 0.25) is 5.91 Å². The molecule has 18 heavy (non-hydrogen) atoms. The molecule has 0 aliphatic heterocycles. The Labute approximate surface area is 106 Å². The van der Waals surface area contributed by atoms with Gasteiger partial charge >= 0.3 is 0 Å². The van der Waals surface area contributed by atoms with E-state index in [2.05, 4.69) is 0 Å². The number of amides is 1. The van der Waals surface area contributed by atoms with Crippen LogP contribution in [-0.4, -0.2) is 35.9 Å². The average molecular weight is 251 g/mol. The zero-order valence-electron chi connectivity index (χ0n) is 10.8. The lowest BCUT2D eigenvalue weighted by Crippen LogP contribution is -2.27. The van der Waals surface area contributed by atoms with Crippen LogP contribution in [-0.2, 0) is 16.1 Å². The predicted octanol–water partition coefficient (Wildman–Crippen LogP) is 1.34. The van der Waals surface area contributed by atoms with Crippen molar-refractivity contribution in [1.82, 2.24) is 4.90 Å². The van der Waals surface area contributed by atoms with E-state index in [4.69, 9.17) is 4.74 Å². The summed E-state index contributed by atoms with van der Waals surface area (Å²) >= 11 is 0. The van der Waals surface area contributed by atoms with Gasteiger partial charge in [0.1, 0.15) is 5.78 Å². The van der Waals surface area contributed by atoms with Crippen LogP contribution in [0, 0.1) is 0 Å². The molecular weight excluding hydrogens is 234 g/mol. The number of benzene rings is 1. The highest BCUT2D eigenvalue weighted by Gasteiger charge is 2.12. The first-order valence-electron chi connectivity index (χ1n) is 5.53. The van der Waals surface area contributed by atoms with E-state index in [-0.39, 0.29) is 23.9 Å². The molecular formula is C13H17NO4. The van der Waals surface area contributed by atoms with E-state index in [1.54, 1.807) is 19.2 Å². The molecule has 0 fully saturated rings. The molecule has 0 radical (unpaired) electrons. The summed E-state index contributed by atoms with van der Waals surface area (Å²) in [6.45, 7) is 1.75. The van der Waals surface area contributed by atoms with Crippen LogP contribution in [0.3, 0.4) is 0 Å². The molecule has 0 aliphatic rings. The van der Waals surface area contributed by atoms with Gasteiger partial charge in [-0.15, -0.1) is 0 Å². The molecule has 1 N–H and O–H groups in total. The van der Waals surface area contributed by atoms with Crippen molar-refractivity contribution in [2.75, 3.05) is 14.2 Å². The molecule has 0 aromatic heterocycles. The Morgan fingerprint density at radius 2 is 2.06 bits per heavy atom. The van der Waals surface area contributed by atoms with Crippen LogP contribution in [0.1, 0.15) is 18.9 Å². The van der Waals surface area contributed by atoms with Gasteiger partial charge in [0.15, 0.2) is 11.5 Å². The summed E-state index contributed by atoms with van der Waals surface area (Å²) in [7, 11) is 3.09. The number of aromatic hydroxyl groups is 1. The summed E-state index contributed by atoms with van der Waals surface area (Å²) in [6, 6.07) is 4.87. The topological polar surface area (TPSA) is 66.8 Å². The molecule has 0 aliphatic carbocycles. The molecule has 0 heterocycles. The van der Waals surface area contributed by atoms with Gasteiger partial charge in [0, 0.05) is 13.6 Å². The summed E-state index contributed by atoms with van der Waals surface area (Å²) in [4.78, 5) is 23.9. The van der Waals surface area contributed by atoms with Gasteiger partial charge in [-0.1, -0.05) is 6.07 Å². The Morgan fingerprint density at radius 1 is 1.39 bits per heavy atom. The van der Waals surface area contributed by atoms with Crippen LogP contribution in [0.5, 0.6) is 11.5 Å². The van der Waals surface area contributed by atoms with Crippen LogP contribution in [0.4, 0.5) is 0 Å². The van der Waals surface area contributed by atoms with Crippen LogP contribution in [0.25, 0.3) is 0 Å². The summed E-state index contributed by atoms with van der Waals surface area (Å²) < 4.78 is 4.98. The maximum Gasteiger partial charge on any atom is 0.230 e. The van der Waals surface area contributed by atoms with Gasteiger partial charge in [-0.3, -0.25) is 9.59 Å². The molecule has 5 heteroatoms. The number of methoxy groups -OCH3 is 1. The van der Waals surface area contributed by atoms with Crippen molar-refractivity contribution in [3.63, 3.8) is 0 Å². The van der Waals surface area contributed by atoms with Gasteiger partial charge in [-0.25, -0.2) is 0 Å². The number of Topliss-reactive ketones (excluding diaryl/α,β-unsaturated/α-hetero) is 1. The minimum atomic E-state index is -0.227. The fraction of sp³-hybridized carbons (Fsp3) is 0.385. The normalized spacial score (nSPS) is 9.94. The van der Waals surface area contributed by atoms with E-state index in [0.717, 1.165) is 5.56 Å². The maximum absolute atomic E-state index is 11.6. The van der Waals surface area contributed by atoms with E-state index in [9.17, 15) is 14.7 Å². The van der Waals surface area contributed by atoms with Gasteiger partial charge in [0.05, 0.1) is 13.5 Å². The van der Waals surface area contributed by atoms with Crippen molar-refractivity contribution in [1.29, 1.82) is 0 Å². The molecule has 0 atom stereocenters. The van der Waals surface area contributed by atoms with Gasteiger partial charge in [-0.2, -0.15) is 0 Å². The van der Waals surface area contributed by atoms with E-state index < -0.39 is 0 Å². The quantitative estimate of drug-likeness (QED) is 0.802. The van der Waals surface area contributed by atoms with Crippen molar-refractivity contribution >= 4 is 11.7 Å². The Kier molecular flexibility index (Phi) is 4.71. The molecule has 98 valence electrons. The molecule has 0 saturated heterocycles. The minimum absolute atomic E-state index is 0.0546. The number of ketones is 1. The third-order valence-electron chi connectivity index (χ3n) is 2.49. The second kappa shape index (κ2) is 6.05. The van der Waals surface area contributed by atoms with E-state index >= 15 is 0 Å². The maximum atomic E-state index is 11.6. The second-order valence-corrected chi connectivity index (χ2v) is 4.13. The van der Waals surface area contributed by atoms with Crippen molar-refractivity contribution in [2.24, 2.45) is 0 Å². The van der Waals surface area contributed by atoms with Crippen molar-refractivity contribution in [3.8, 4) is 11.5 Å². The molecule has 5 nitrogen and oxygen atoms in total. The van der Waals surface area contributed by atoms with E-state index in [1.165, 1.54) is 25.0 Å². The number of carbonyl (C=O) groups excluding carboxylic acids is 2. The number of nitrogens with zero attached hydrogens (tertiary/aromatic N) is 1. The van der Waals surface area contributed by atoms with Crippen molar-refractivity contribution in [3.05, 3.63) is 23.8 Å². The zero-order chi connectivity index (χ0) is 13.7. The SMILES string of the molecule is COc1cc(CN(C)C(=O)CC(C)=O)ccc1O. The Morgan fingerprint density at radius 3 is 2.61 bits per heavy atom. The minimum Gasteiger partial charge on any atom is -0.504 e. The highest BCUT2D eigenvalue weighted by molar-refractivity contribution is 5.96.